The Labute approximate surface area is 255 Å². The summed E-state index contributed by atoms with van der Waals surface area (Å²) in [6.07, 6.45) is 0.153. The number of nitrogens with zero attached hydrogens (tertiary/aromatic N) is 6. The lowest BCUT2D eigenvalue weighted by atomic mass is 10.1. The fourth-order valence-electron chi connectivity index (χ4n) is 4.87. The monoisotopic (exact) mass is 619 g/mol. The first-order valence-electron chi connectivity index (χ1n) is 14.0. The van der Waals surface area contributed by atoms with Gasteiger partial charge in [0, 0.05) is 44.0 Å². The van der Waals surface area contributed by atoms with Gasteiger partial charge < -0.3 is 20.6 Å². The third-order valence-corrected chi connectivity index (χ3v) is 7.32. The zero-order valence-electron chi connectivity index (χ0n) is 23.8. The minimum atomic E-state index is -4.54. The molecule has 4 heterocycles. The quantitative estimate of drug-likeness (QED) is 0.203. The topological polar surface area (TPSA) is 139 Å². The lowest BCUT2D eigenvalue weighted by molar-refractivity contribution is -0.137. The molecular weight excluding hydrogens is 591 g/mol. The number of carbonyl (C=O) groups excluding carboxylic acids is 2. The van der Waals surface area contributed by atoms with Crippen LogP contribution in [-0.4, -0.2) is 81.0 Å². The van der Waals surface area contributed by atoms with Crippen molar-refractivity contribution in [3.05, 3.63) is 90.0 Å². The van der Waals surface area contributed by atoms with Gasteiger partial charge in [0.15, 0.2) is 0 Å². The van der Waals surface area contributed by atoms with Gasteiger partial charge in [-0.3, -0.25) is 24.9 Å². The molecule has 2 aromatic heterocycles. The standard InChI is InChI=1S/C30H28F3N9O3/c31-30(32,33)20-3-1-2-19(14-20)27(44)37-21-5-7-25-26(15-21)42(25)39-23-17-35-29(36-18-23)38-22-4-6-24(34-16-22)28(45)41-10-8-40(9-11-41)12-13-43/h1-7,14-18,39,43H,8-13H2,(H,37,44)(H,35,36,38). The molecule has 1 fully saturated rings. The molecule has 0 radical (unpaired) electrons. The highest BCUT2D eigenvalue weighted by Gasteiger charge is 2.32. The predicted molar refractivity (Wildman–Crippen MR) is 161 cm³/mol. The summed E-state index contributed by atoms with van der Waals surface area (Å²) in [5, 5.41) is 16.5. The molecule has 0 unspecified atom stereocenters. The Balaban J connectivity index is 0.999. The number of carbonyl (C=O) groups is 2. The number of benzene rings is 2. The molecule has 2 aromatic carbocycles. The number of hydrogen-bond acceptors (Lipinski definition) is 10. The second kappa shape index (κ2) is 12.4. The van der Waals surface area contributed by atoms with Crippen molar-refractivity contribution in [2.75, 3.05) is 60.4 Å². The number of amides is 2. The SMILES string of the molecule is O=C(Nc1ccc2c(c1)N2Nc1cnc(Nc2ccc(C(=O)N3CCN(CCO)CC3)nc2)nc1)c1cccc(C(F)(F)F)c1. The minimum Gasteiger partial charge on any atom is -0.395 e. The number of aliphatic hydroxyl groups is 1. The summed E-state index contributed by atoms with van der Waals surface area (Å²) in [5.41, 5.74) is 5.74. The number of rotatable bonds is 9. The number of alkyl halides is 3. The van der Waals surface area contributed by atoms with Gasteiger partial charge in [0.1, 0.15) is 5.69 Å². The molecule has 4 aromatic rings. The molecule has 2 aliphatic heterocycles. The Morgan fingerprint density at radius 1 is 0.844 bits per heavy atom. The smallest absolute Gasteiger partial charge is 0.395 e. The maximum atomic E-state index is 13.0. The molecule has 0 aliphatic carbocycles. The number of aromatic nitrogens is 3. The van der Waals surface area contributed by atoms with E-state index in [9.17, 15) is 22.8 Å². The van der Waals surface area contributed by atoms with Crippen molar-refractivity contribution in [3.63, 3.8) is 0 Å². The van der Waals surface area contributed by atoms with Gasteiger partial charge in [0.05, 0.1) is 53.5 Å². The van der Waals surface area contributed by atoms with Gasteiger partial charge in [-0.25, -0.2) is 15.0 Å². The normalized spacial score (nSPS) is 14.5. The highest BCUT2D eigenvalue weighted by atomic mass is 19.4. The summed E-state index contributed by atoms with van der Waals surface area (Å²) >= 11 is 0. The maximum Gasteiger partial charge on any atom is 0.416 e. The number of halogens is 3. The fourth-order valence-corrected chi connectivity index (χ4v) is 4.87. The molecule has 2 aliphatic rings. The fraction of sp³-hybridized carbons (Fsp3) is 0.233. The molecule has 0 spiro atoms. The molecule has 45 heavy (non-hydrogen) atoms. The number of hydrogen-bond donors (Lipinski definition) is 4. The van der Waals surface area contributed by atoms with Crippen LogP contribution in [0.5, 0.6) is 0 Å². The van der Waals surface area contributed by atoms with E-state index in [0.717, 1.165) is 23.5 Å². The van der Waals surface area contributed by atoms with E-state index in [2.05, 4.69) is 35.9 Å². The van der Waals surface area contributed by atoms with Crippen LogP contribution in [0.3, 0.4) is 0 Å². The molecule has 6 rings (SSSR count). The highest BCUT2D eigenvalue weighted by Crippen LogP contribution is 2.48. The summed E-state index contributed by atoms with van der Waals surface area (Å²) in [5.74, 6) is -0.468. The van der Waals surface area contributed by atoms with E-state index in [0.29, 0.717) is 61.4 Å². The molecule has 1 saturated heterocycles. The maximum absolute atomic E-state index is 13.0. The third-order valence-electron chi connectivity index (χ3n) is 7.32. The predicted octanol–water partition coefficient (Wildman–Crippen LogP) is 4.12. The summed E-state index contributed by atoms with van der Waals surface area (Å²) in [6.45, 7) is 3.29. The Morgan fingerprint density at radius 2 is 1.58 bits per heavy atom. The number of pyridine rings is 1. The van der Waals surface area contributed by atoms with E-state index in [-0.39, 0.29) is 18.1 Å². The number of fused-ring (bicyclic) bond motifs is 1. The van der Waals surface area contributed by atoms with Gasteiger partial charge in [0.2, 0.25) is 5.95 Å². The third kappa shape index (κ3) is 6.94. The number of aliphatic hydroxyl groups excluding tert-OH is 1. The molecule has 2 amide bonds. The second-order valence-corrected chi connectivity index (χ2v) is 10.4. The zero-order chi connectivity index (χ0) is 31.6. The molecule has 12 nitrogen and oxygen atoms in total. The second-order valence-electron chi connectivity index (χ2n) is 10.4. The van der Waals surface area contributed by atoms with E-state index in [1.807, 2.05) is 0 Å². The molecule has 0 bridgehead atoms. The Bertz CT molecular complexity index is 1690. The molecule has 0 atom stereocenters. The van der Waals surface area contributed by atoms with Gasteiger partial charge in [-0.05, 0) is 48.5 Å². The van der Waals surface area contributed by atoms with Gasteiger partial charge in [-0.2, -0.15) is 13.2 Å². The van der Waals surface area contributed by atoms with Gasteiger partial charge in [-0.15, -0.1) is 0 Å². The van der Waals surface area contributed by atoms with Gasteiger partial charge in [-0.1, -0.05) is 6.07 Å². The van der Waals surface area contributed by atoms with Crippen molar-refractivity contribution in [2.24, 2.45) is 0 Å². The largest absolute Gasteiger partial charge is 0.416 e. The molecule has 0 saturated carbocycles. The van der Waals surface area contributed by atoms with Crippen LogP contribution in [0.15, 0.2) is 73.2 Å². The van der Waals surface area contributed by atoms with Crippen molar-refractivity contribution < 1.29 is 27.9 Å². The van der Waals surface area contributed by atoms with Crippen molar-refractivity contribution in [1.29, 1.82) is 0 Å². The number of β-amino-alcohol motifs (C(OH)–C–C–N with tert-alkyl or cyclic N) is 1. The van der Waals surface area contributed by atoms with Gasteiger partial charge >= 0.3 is 6.18 Å². The van der Waals surface area contributed by atoms with Crippen molar-refractivity contribution in [2.45, 2.75) is 6.18 Å². The number of anilines is 6. The van der Waals surface area contributed by atoms with Crippen molar-refractivity contribution in [3.8, 4) is 0 Å². The lowest BCUT2D eigenvalue weighted by Gasteiger charge is -2.34. The first kappa shape index (κ1) is 29.8. The summed E-state index contributed by atoms with van der Waals surface area (Å²) in [6, 6.07) is 12.7. The molecule has 4 N–H and O–H groups in total. The van der Waals surface area contributed by atoms with Crippen molar-refractivity contribution in [1.82, 2.24) is 24.8 Å². The van der Waals surface area contributed by atoms with E-state index < -0.39 is 17.6 Å². The van der Waals surface area contributed by atoms with Crippen molar-refractivity contribution >= 4 is 46.2 Å². The first-order valence-corrected chi connectivity index (χ1v) is 14.0. The highest BCUT2D eigenvalue weighted by molar-refractivity contribution is 6.06. The van der Waals surface area contributed by atoms with Crippen LogP contribution in [0.1, 0.15) is 26.4 Å². The first-order chi connectivity index (χ1) is 21.7. The Hall–Kier alpha value is -5.28. The summed E-state index contributed by atoms with van der Waals surface area (Å²) < 4.78 is 39.0. The molecular formula is C30H28F3N9O3. The van der Waals surface area contributed by atoms with E-state index in [4.69, 9.17) is 5.11 Å². The van der Waals surface area contributed by atoms with Crippen LogP contribution in [0, 0.1) is 0 Å². The van der Waals surface area contributed by atoms with Gasteiger partial charge in [0.25, 0.3) is 11.8 Å². The van der Waals surface area contributed by atoms with Crippen LogP contribution in [0.4, 0.5) is 47.6 Å². The Morgan fingerprint density at radius 3 is 2.27 bits per heavy atom. The van der Waals surface area contributed by atoms with E-state index >= 15 is 0 Å². The van der Waals surface area contributed by atoms with Crippen LogP contribution < -0.4 is 21.1 Å². The number of piperazine rings is 1. The van der Waals surface area contributed by atoms with Crippen LogP contribution in [0.2, 0.25) is 0 Å². The minimum absolute atomic E-state index is 0.0970. The van der Waals surface area contributed by atoms with E-state index in [1.54, 1.807) is 58.8 Å². The molecule has 232 valence electrons. The average Bonchev–Trinajstić information content (AvgIpc) is 3.73. The zero-order valence-corrected chi connectivity index (χ0v) is 23.8. The van der Waals surface area contributed by atoms with Crippen LogP contribution in [-0.2, 0) is 6.18 Å². The van der Waals surface area contributed by atoms with Crippen LogP contribution >= 0.6 is 0 Å². The van der Waals surface area contributed by atoms with Crippen LogP contribution in [0.25, 0.3) is 0 Å². The average molecular weight is 620 g/mol. The van der Waals surface area contributed by atoms with E-state index in [1.165, 1.54) is 12.1 Å². The Kier molecular flexibility index (Phi) is 8.19. The lowest BCUT2D eigenvalue weighted by Crippen LogP contribution is -2.49. The summed E-state index contributed by atoms with van der Waals surface area (Å²) in [7, 11) is 0. The number of nitrogens with one attached hydrogen (secondary N) is 3. The molecule has 15 heteroatoms. The number of hydrazine groups is 1. The summed E-state index contributed by atoms with van der Waals surface area (Å²) in [4.78, 5) is 42.1.